The Morgan fingerprint density at radius 2 is 2.12 bits per heavy atom. The van der Waals surface area contributed by atoms with Crippen molar-refractivity contribution in [2.24, 2.45) is 0 Å². The van der Waals surface area contributed by atoms with Crippen LogP contribution >= 0.6 is 11.3 Å². The van der Waals surface area contributed by atoms with E-state index in [2.05, 4.69) is 16.2 Å². The largest absolute Gasteiger partial charge is 0.337 e. The molecule has 0 radical (unpaired) electrons. The molecule has 0 bridgehead atoms. The van der Waals surface area contributed by atoms with Crippen LogP contribution in [0.3, 0.4) is 0 Å². The molecule has 1 fully saturated rings. The number of likely N-dealkylation sites (tertiary alicyclic amines) is 1. The molecule has 1 amide bonds. The van der Waals surface area contributed by atoms with Gasteiger partial charge in [0, 0.05) is 29.3 Å². The van der Waals surface area contributed by atoms with E-state index in [1.807, 2.05) is 47.5 Å². The molecule has 1 aliphatic heterocycles. The predicted octanol–water partition coefficient (Wildman–Crippen LogP) is 3.62. The number of amides is 1. The van der Waals surface area contributed by atoms with Gasteiger partial charge in [0.05, 0.1) is 6.54 Å². The third kappa shape index (κ3) is 2.97. The van der Waals surface area contributed by atoms with Crippen LogP contribution in [0.1, 0.15) is 28.6 Å². The minimum Gasteiger partial charge on any atom is -0.337 e. The maximum Gasteiger partial charge on any atom is 0.257 e. The van der Waals surface area contributed by atoms with E-state index in [4.69, 9.17) is 4.52 Å². The Morgan fingerprint density at radius 3 is 2.88 bits per heavy atom. The van der Waals surface area contributed by atoms with Crippen molar-refractivity contribution in [2.75, 3.05) is 6.54 Å². The molecule has 0 spiro atoms. The number of carbonyl (C=O) groups is 1. The van der Waals surface area contributed by atoms with E-state index in [0.29, 0.717) is 31.2 Å². The smallest absolute Gasteiger partial charge is 0.257 e. The zero-order chi connectivity index (χ0) is 16.5. The molecule has 0 aliphatic carbocycles. The van der Waals surface area contributed by atoms with Gasteiger partial charge in [-0.15, -0.1) is 11.3 Å². The standard InChI is InChI=1S/C18H17N3O2S/c1-12-4-6-13(7-5-12)18-19-17(20-23-18)14-9-16(22)21(10-14)11-15-3-2-8-24-15/h2-8,14H,9-11H2,1H3. The van der Waals surface area contributed by atoms with Crippen LogP contribution in [0.5, 0.6) is 0 Å². The number of hydrogen-bond donors (Lipinski definition) is 0. The molecule has 24 heavy (non-hydrogen) atoms. The highest BCUT2D eigenvalue weighted by Gasteiger charge is 2.33. The summed E-state index contributed by atoms with van der Waals surface area (Å²) in [4.78, 5) is 19.8. The Bertz CT molecular complexity index is 840. The number of aromatic nitrogens is 2. The lowest BCUT2D eigenvalue weighted by Gasteiger charge is -2.14. The summed E-state index contributed by atoms with van der Waals surface area (Å²) in [5.74, 6) is 1.28. The molecule has 122 valence electrons. The van der Waals surface area contributed by atoms with E-state index in [-0.39, 0.29) is 11.8 Å². The van der Waals surface area contributed by atoms with E-state index in [1.165, 1.54) is 10.4 Å². The molecule has 6 heteroatoms. The highest BCUT2D eigenvalue weighted by molar-refractivity contribution is 7.09. The lowest BCUT2D eigenvalue weighted by molar-refractivity contribution is -0.128. The molecule has 1 saturated heterocycles. The number of thiophene rings is 1. The van der Waals surface area contributed by atoms with E-state index in [0.717, 1.165) is 5.56 Å². The van der Waals surface area contributed by atoms with Gasteiger partial charge in [0.25, 0.3) is 5.89 Å². The quantitative estimate of drug-likeness (QED) is 0.728. The normalized spacial score (nSPS) is 17.6. The molecule has 1 atom stereocenters. The predicted molar refractivity (Wildman–Crippen MR) is 91.6 cm³/mol. The highest BCUT2D eigenvalue weighted by atomic mass is 32.1. The highest BCUT2D eigenvalue weighted by Crippen LogP contribution is 2.29. The number of carbonyl (C=O) groups excluding carboxylic acids is 1. The van der Waals surface area contributed by atoms with E-state index in [1.54, 1.807) is 11.3 Å². The molecule has 0 saturated carbocycles. The van der Waals surface area contributed by atoms with Gasteiger partial charge in [0.2, 0.25) is 5.91 Å². The Balaban J connectivity index is 1.49. The van der Waals surface area contributed by atoms with Crippen LogP contribution in [0.4, 0.5) is 0 Å². The molecule has 3 heterocycles. The van der Waals surface area contributed by atoms with E-state index >= 15 is 0 Å². The van der Waals surface area contributed by atoms with Crippen molar-refractivity contribution >= 4 is 17.2 Å². The molecule has 1 unspecified atom stereocenters. The SMILES string of the molecule is Cc1ccc(-c2nc(C3CC(=O)N(Cc4cccs4)C3)no2)cc1. The van der Waals surface area contributed by atoms with Crippen molar-refractivity contribution in [3.63, 3.8) is 0 Å². The summed E-state index contributed by atoms with van der Waals surface area (Å²) in [5.41, 5.74) is 2.09. The van der Waals surface area contributed by atoms with Gasteiger partial charge in [0.1, 0.15) is 0 Å². The Hall–Kier alpha value is -2.47. The van der Waals surface area contributed by atoms with Crippen molar-refractivity contribution in [3.05, 3.63) is 58.0 Å². The number of benzene rings is 1. The van der Waals surface area contributed by atoms with Gasteiger partial charge < -0.3 is 9.42 Å². The molecule has 0 N–H and O–H groups in total. The monoisotopic (exact) mass is 339 g/mol. The fourth-order valence-electron chi connectivity index (χ4n) is 2.90. The summed E-state index contributed by atoms with van der Waals surface area (Å²) in [6, 6.07) is 12.0. The van der Waals surface area contributed by atoms with Gasteiger partial charge in [-0.2, -0.15) is 4.98 Å². The molecular weight excluding hydrogens is 322 g/mol. The van der Waals surface area contributed by atoms with Gasteiger partial charge in [-0.3, -0.25) is 4.79 Å². The first kappa shape index (κ1) is 15.1. The zero-order valence-corrected chi connectivity index (χ0v) is 14.1. The van der Waals surface area contributed by atoms with Gasteiger partial charge in [-0.25, -0.2) is 0 Å². The average molecular weight is 339 g/mol. The first-order chi connectivity index (χ1) is 11.7. The van der Waals surface area contributed by atoms with Gasteiger partial charge in [-0.1, -0.05) is 28.9 Å². The molecule has 5 nitrogen and oxygen atoms in total. The third-order valence-corrected chi connectivity index (χ3v) is 5.11. The third-order valence-electron chi connectivity index (χ3n) is 4.25. The lowest BCUT2D eigenvalue weighted by Crippen LogP contribution is -2.23. The second-order valence-electron chi connectivity index (χ2n) is 6.08. The van der Waals surface area contributed by atoms with Crippen molar-refractivity contribution in [3.8, 4) is 11.5 Å². The lowest BCUT2D eigenvalue weighted by atomic mass is 10.1. The number of nitrogens with zero attached hydrogens (tertiary/aromatic N) is 3. The minimum atomic E-state index is 0.000380. The molecule has 4 rings (SSSR count). The summed E-state index contributed by atoms with van der Waals surface area (Å²) in [6.07, 6.45) is 0.443. The fourth-order valence-corrected chi connectivity index (χ4v) is 3.62. The topological polar surface area (TPSA) is 59.2 Å². The summed E-state index contributed by atoms with van der Waals surface area (Å²) in [5, 5.41) is 6.13. The van der Waals surface area contributed by atoms with Gasteiger partial charge in [0.15, 0.2) is 5.82 Å². The maximum atomic E-state index is 12.2. The Morgan fingerprint density at radius 1 is 1.29 bits per heavy atom. The second-order valence-corrected chi connectivity index (χ2v) is 7.11. The van der Waals surface area contributed by atoms with Crippen LogP contribution in [-0.2, 0) is 11.3 Å². The van der Waals surface area contributed by atoms with Crippen LogP contribution < -0.4 is 0 Å². The van der Waals surface area contributed by atoms with Crippen molar-refractivity contribution in [1.29, 1.82) is 0 Å². The molecular formula is C18H17N3O2S. The van der Waals surface area contributed by atoms with E-state index < -0.39 is 0 Å². The summed E-state index contributed by atoms with van der Waals surface area (Å²) < 4.78 is 5.39. The van der Waals surface area contributed by atoms with Crippen LogP contribution in [0.15, 0.2) is 46.3 Å². The molecule has 2 aromatic heterocycles. The minimum absolute atomic E-state index is 0.000380. The van der Waals surface area contributed by atoms with Crippen LogP contribution in [0, 0.1) is 6.92 Å². The van der Waals surface area contributed by atoms with Gasteiger partial charge >= 0.3 is 0 Å². The number of aryl methyl sites for hydroxylation is 1. The fraction of sp³-hybridized carbons (Fsp3) is 0.278. The maximum absolute atomic E-state index is 12.2. The Kier molecular flexibility index (Phi) is 3.90. The van der Waals surface area contributed by atoms with Crippen molar-refractivity contribution in [2.45, 2.75) is 25.8 Å². The van der Waals surface area contributed by atoms with Crippen molar-refractivity contribution < 1.29 is 9.32 Å². The first-order valence-corrected chi connectivity index (χ1v) is 8.78. The summed E-state index contributed by atoms with van der Waals surface area (Å²) in [6.45, 7) is 3.34. The van der Waals surface area contributed by atoms with E-state index in [9.17, 15) is 4.79 Å². The van der Waals surface area contributed by atoms with Crippen LogP contribution in [-0.4, -0.2) is 27.5 Å². The van der Waals surface area contributed by atoms with Crippen LogP contribution in [0.25, 0.3) is 11.5 Å². The molecule has 1 aliphatic rings. The molecule has 1 aromatic carbocycles. The Labute approximate surface area is 143 Å². The average Bonchev–Trinajstić information content (AvgIpc) is 3.31. The summed E-state index contributed by atoms with van der Waals surface area (Å²) >= 11 is 1.67. The number of hydrogen-bond acceptors (Lipinski definition) is 5. The second kappa shape index (κ2) is 6.20. The van der Waals surface area contributed by atoms with Crippen LogP contribution in [0.2, 0.25) is 0 Å². The van der Waals surface area contributed by atoms with Crippen molar-refractivity contribution in [1.82, 2.24) is 15.0 Å². The zero-order valence-electron chi connectivity index (χ0n) is 13.3. The molecule has 3 aromatic rings. The first-order valence-electron chi connectivity index (χ1n) is 7.90. The van der Waals surface area contributed by atoms with Gasteiger partial charge in [-0.05, 0) is 30.5 Å². The number of rotatable bonds is 4. The summed E-state index contributed by atoms with van der Waals surface area (Å²) in [7, 11) is 0.